The molecule has 1 amide bonds. The topological polar surface area (TPSA) is 46.9 Å². The molecule has 1 N–H and O–H groups in total. The summed E-state index contributed by atoms with van der Waals surface area (Å²) in [5.74, 6) is -0.0698. The Kier molecular flexibility index (Phi) is 5.11. The molecule has 0 aliphatic rings. The van der Waals surface area contributed by atoms with Crippen molar-refractivity contribution < 1.29 is 4.79 Å². The molecule has 3 aromatic rings. The van der Waals surface area contributed by atoms with Crippen LogP contribution in [0.3, 0.4) is 0 Å². The summed E-state index contributed by atoms with van der Waals surface area (Å²) in [7, 11) is 0. The SMILES string of the molecule is CC(NC(=O)c1ccc(Cn2ccnc2)cc1)c1ccc(Br)cc1. The highest BCUT2D eigenvalue weighted by Crippen LogP contribution is 2.17. The summed E-state index contributed by atoms with van der Waals surface area (Å²) in [6.45, 7) is 2.73. The van der Waals surface area contributed by atoms with Crippen molar-refractivity contribution in [2.75, 3.05) is 0 Å². The van der Waals surface area contributed by atoms with Crippen LogP contribution in [0.15, 0.2) is 71.7 Å². The highest BCUT2D eigenvalue weighted by Gasteiger charge is 2.11. The molecule has 4 nitrogen and oxygen atoms in total. The molecule has 0 aliphatic carbocycles. The molecule has 1 atom stereocenters. The minimum atomic E-state index is -0.0698. The lowest BCUT2D eigenvalue weighted by molar-refractivity contribution is 0.0940. The summed E-state index contributed by atoms with van der Waals surface area (Å²) in [5, 5.41) is 3.03. The van der Waals surface area contributed by atoms with E-state index in [0.29, 0.717) is 5.56 Å². The van der Waals surface area contributed by atoms with Crippen LogP contribution in [0.2, 0.25) is 0 Å². The average Bonchev–Trinajstić information content (AvgIpc) is 3.09. The molecular formula is C19H18BrN3O. The number of aromatic nitrogens is 2. The van der Waals surface area contributed by atoms with Crippen LogP contribution in [0, 0.1) is 0 Å². The van der Waals surface area contributed by atoms with Crippen molar-refractivity contribution in [3.05, 3.63) is 88.4 Å². The van der Waals surface area contributed by atoms with E-state index in [4.69, 9.17) is 0 Å². The van der Waals surface area contributed by atoms with Gasteiger partial charge in [0.05, 0.1) is 12.4 Å². The van der Waals surface area contributed by atoms with Crippen LogP contribution < -0.4 is 5.32 Å². The van der Waals surface area contributed by atoms with Crippen LogP contribution >= 0.6 is 15.9 Å². The number of benzene rings is 2. The number of nitrogens with zero attached hydrogens (tertiary/aromatic N) is 2. The third-order valence-corrected chi connectivity index (χ3v) is 4.39. The Bertz CT molecular complexity index is 796. The minimum Gasteiger partial charge on any atom is -0.346 e. The first-order valence-electron chi connectivity index (χ1n) is 7.73. The summed E-state index contributed by atoms with van der Waals surface area (Å²) in [5.41, 5.74) is 2.86. The number of rotatable bonds is 5. The number of imidazole rings is 1. The molecule has 1 heterocycles. The Labute approximate surface area is 149 Å². The van der Waals surface area contributed by atoms with Crippen molar-refractivity contribution in [2.24, 2.45) is 0 Å². The van der Waals surface area contributed by atoms with Gasteiger partial charge in [0.15, 0.2) is 0 Å². The van der Waals surface area contributed by atoms with Crippen molar-refractivity contribution >= 4 is 21.8 Å². The minimum absolute atomic E-state index is 0.0452. The maximum Gasteiger partial charge on any atom is 0.251 e. The van der Waals surface area contributed by atoms with Crippen LogP contribution in [-0.2, 0) is 6.54 Å². The molecule has 0 radical (unpaired) electrons. The van der Waals surface area contributed by atoms with Crippen LogP contribution in [0.1, 0.15) is 34.5 Å². The van der Waals surface area contributed by atoms with Gasteiger partial charge in [0.1, 0.15) is 0 Å². The van der Waals surface area contributed by atoms with Crippen molar-refractivity contribution in [3.63, 3.8) is 0 Å². The number of amides is 1. The summed E-state index contributed by atoms with van der Waals surface area (Å²) < 4.78 is 3.02. The molecule has 2 aromatic carbocycles. The fourth-order valence-corrected chi connectivity index (χ4v) is 2.73. The van der Waals surface area contributed by atoms with E-state index >= 15 is 0 Å². The monoisotopic (exact) mass is 383 g/mol. The number of hydrogen-bond donors (Lipinski definition) is 1. The largest absolute Gasteiger partial charge is 0.346 e. The fraction of sp³-hybridized carbons (Fsp3) is 0.158. The number of carbonyl (C=O) groups is 1. The Hall–Kier alpha value is -2.40. The van der Waals surface area contributed by atoms with Crippen molar-refractivity contribution in [3.8, 4) is 0 Å². The van der Waals surface area contributed by atoms with Gasteiger partial charge in [-0.2, -0.15) is 0 Å². The molecule has 0 fully saturated rings. The van der Waals surface area contributed by atoms with E-state index in [9.17, 15) is 4.79 Å². The molecule has 0 aliphatic heterocycles. The van der Waals surface area contributed by atoms with Gasteiger partial charge >= 0.3 is 0 Å². The van der Waals surface area contributed by atoms with Gasteiger partial charge in [0.2, 0.25) is 0 Å². The molecular weight excluding hydrogens is 366 g/mol. The second kappa shape index (κ2) is 7.45. The molecule has 0 saturated carbocycles. The number of carbonyl (C=O) groups excluding carboxylic acids is 1. The van der Waals surface area contributed by atoms with Crippen molar-refractivity contribution in [2.45, 2.75) is 19.5 Å². The Morgan fingerprint density at radius 3 is 2.50 bits per heavy atom. The molecule has 1 unspecified atom stereocenters. The molecule has 24 heavy (non-hydrogen) atoms. The lowest BCUT2D eigenvalue weighted by Crippen LogP contribution is -2.26. The van der Waals surface area contributed by atoms with E-state index in [2.05, 4.69) is 26.2 Å². The third-order valence-electron chi connectivity index (χ3n) is 3.86. The van der Waals surface area contributed by atoms with Crippen LogP contribution in [0.25, 0.3) is 0 Å². The van der Waals surface area contributed by atoms with Gasteiger partial charge in [-0.05, 0) is 42.3 Å². The summed E-state index contributed by atoms with van der Waals surface area (Å²) >= 11 is 3.42. The normalized spacial score (nSPS) is 11.9. The lowest BCUT2D eigenvalue weighted by atomic mass is 10.1. The molecule has 0 saturated heterocycles. The summed E-state index contributed by atoms with van der Waals surface area (Å²) in [6.07, 6.45) is 5.45. The van der Waals surface area contributed by atoms with Crippen molar-refractivity contribution in [1.29, 1.82) is 0 Å². The molecule has 122 valence electrons. The highest BCUT2D eigenvalue weighted by molar-refractivity contribution is 9.10. The second-order valence-corrected chi connectivity index (χ2v) is 6.59. The van der Waals surface area contributed by atoms with Crippen LogP contribution in [0.4, 0.5) is 0 Å². The van der Waals surface area contributed by atoms with E-state index in [-0.39, 0.29) is 11.9 Å². The Balaban J connectivity index is 1.63. The zero-order chi connectivity index (χ0) is 16.9. The van der Waals surface area contributed by atoms with Gasteiger partial charge in [-0.3, -0.25) is 4.79 Å². The predicted molar refractivity (Wildman–Crippen MR) is 97.8 cm³/mol. The van der Waals surface area contributed by atoms with E-state index in [1.165, 1.54) is 0 Å². The van der Waals surface area contributed by atoms with Gasteiger partial charge in [-0.25, -0.2) is 4.98 Å². The van der Waals surface area contributed by atoms with E-state index in [1.807, 2.05) is 66.2 Å². The lowest BCUT2D eigenvalue weighted by Gasteiger charge is -2.14. The predicted octanol–water partition coefficient (Wildman–Crippen LogP) is 4.18. The van der Waals surface area contributed by atoms with Gasteiger partial charge < -0.3 is 9.88 Å². The van der Waals surface area contributed by atoms with Crippen LogP contribution in [-0.4, -0.2) is 15.5 Å². The maximum atomic E-state index is 12.4. The van der Waals surface area contributed by atoms with Gasteiger partial charge in [0.25, 0.3) is 5.91 Å². The molecule has 0 spiro atoms. The first kappa shape index (κ1) is 16.5. The standard InChI is InChI=1S/C19H18BrN3O/c1-14(16-6-8-18(20)9-7-16)22-19(24)17-4-2-15(3-5-17)12-23-11-10-21-13-23/h2-11,13-14H,12H2,1H3,(H,22,24). The highest BCUT2D eigenvalue weighted by atomic mass is 79.9. The summed E-state index contributed by atoms with van der Waals surface area (Å²) in [6, 6.07) is 15.6. The quantitative estimate of drug-likeness (QED) is 0.717. The first-order chi connectivity index (χ1) is 11.6. The smallest absolute Gasteiger partial charge is 0.251 e. The third kappa shape index (κ3) is 4.11. The van der Waals surface area contributed by atoms with Crippen LogP contribution in [0.5, 0.6) is 0 Å². The van der Waals surface area contributed by atoms with E-state index in [0.717, 1.165) is 22.1 Å². The Morgan fingerprint density at radius 1 is 1.17 bits per heavy atom. The van der Waals surface area contributed by atoms with Gasteiger partial charge in [-0.1, -0.05) is 40.2 Å². The molecule has 0 bridgehead atoms. The van der Waals surface area contributed by atoms with E-state index in [1.54, 1.807) is 12.5 Å². The second-order valence-electron chi connectivity index (χ2n) is 5.68. The maximum absolute atomic E-state index is 12.4. The molecule has 5 heteroatoms. The fourth-order valence-electron chi connectivity index (χ4n) is 2.47. The summed E-state index contributed by atoms with van der Waals surface area (Å²) in [4.78, 5) is 16.4. The van der Waals surface area contributed by atoms with Crippen molar-refractivity contribution in [1.82, 2.24) is 14.9 Å². The molecule has 1 aromatic heterocycles. The Morgan fingerprint density at radius 2 is 1.88 bits per heavy atom. The average molecular weight is 384 g/mol. The van der Waals surface area contributed by atoms with Gasteiger partial charge in [-0.15, -0.1) is 0 Å². The first-order valence-corrected chi connectivity index (χ1v) is 8.52. The zero-order valence-corrected chi connectivity index (χ0v) is 14.9. The molecule has 3 rings (SSSR count). The zero-order valence-electron chi connectivity index (χ0n) is 13.3. The van der Waals surface area contributed by atoms with E-state index < -0.39 is 0 Å². The number of hydrogen-bond acceptors (Lipinski definition) is 2. The van der Waals surface area contributed by atoms with Gasteiger partial charge in [0, 0.05) is 29.0 Å². The number of halogens is 1. The number of nitrogens with one attached hydrogen (secondary N) is 1.